The van der Waals surface area contributed by atoms with Crippen LogP contribution in [0.5, 0.6) is 0 Å². The highest BCUT2D eigenvalue weighted by molar-refractivity contribution is 7.92. The van der Waals surface area contributed by atoms with Crippen LogP contribution in [-0.4, -0.2) is 67.0 Å². The van der Waals surface area contributed by atoms with E-state index in [4.69, 9.17) is 14.4 Å². The summed E-state index contributed by atoms with van der Waals surface area (Å²) >= 11 is 0. The predicted molar refractivity (Wildman–Crippen MR) is 176 cm³/mol. The number of halogens is 1. The van der Waals surface area contributed by atoms with E-state index in [-0.39, 0.29) is 17.6 Å². The molecule has 0 unspecified atom stereocenters. The van der Waals surface area contributed by atoms with Crippen LogP contribution < -0.4 is 9.62 Å². The summed E-state index contributed by atoms with van der Waals surface area (Å²) < 4.78 is 50.2. The lowest BCUT2D eigenvalue weighted by Crippen LogP contribution is -2.44. The highest BCUT2D eigenvalue weighted by Gasteiger charge is 2.34. The van der Waals surface area contributed by atoms with Crippen LogP contribution in [0.4, 0.5) is 10.1 Å². The van der Waals surface area contributed by atoms with Gasteiger partial charge in [-0.2, -0.15) is 0 Å². The third kappa shape index (κ3) is 4.53. The van der Waals surface area contributed by atoms with Crippen molar-refractivity contribution in [2.45, 2.75) is 32.2 Å². The van der Waals surface area contributed by atoms with Gasteiger partial charge in [0.15, 0.2) is 0 Å². The number of rotatable bonds is 7. The molecule has 5 heterocycles. The largest absolute Gasteiger partial charge is 0.460 e. The van der Waals surface area contributed by atoms with E-state index in [0.29, 0.717) is 79.2 Å². The number of likely N-dealkylation sites (tertiary alicyclic amines) is 1. The molecule has 2 aromatic carbocycles. The Balaban J connectivity index is 1.39. The topological polar surface area (TPSA) is 113 Å². The molecule has 46 heavy (non-hydrogen) atoms. The summed E-state index contributed by atoms with van der Waals surface area (Å²) in [6.07, 6.45) is 2.98. The molecule has 0 radical (unpaired) electrons. The molecule has 1 amide bonds. The number of pyridine rings is 1. The summed E-state index contributed by atoms with van der Waals surface area (Å²) in [6.45, 7) is 4.77. The zero-order valence-electron chi connectivity index (χ0n) is 26.0. The number of carbonyl (C=O) groups is 1. The smallest absolute Gasteiger partial charge is 0.255 e. The molecule has 0 bridgehead atoms. The molecule has 10 nitrogen and oxygen atoms in total. The van der Waals surface area contributed by atoms with Crippen LogP contribution in [0, 0.1) is 11.7 Å². The third-order valence-electron chi connectivity index (χ3n) is 9.27. The first-order chi connectivity index (χ1) is 22.0. The minimum absolute atomic E-state index is 0.148. The summed E-state index contributed by atoms with van der Waals surface area (Å²) in [5, 5.41) is 3.79. The molecule has 1 aliphatic carbocycles. The average molecular weight is 641 g/mol. The lowest BCUT2D eigenvalue weighted by atomic mass is 10.0. The maximum Gasteiger partial charge on any atom is 0.255 e. The summed E-state index contributed by atoms with van der Waals surface area (Å²) in [4.78, 5) is 25.5. The molecule has 1 saturated heterocycles. The first-order valence-electron chi connectivity index (χ1n) is 15.4. The second kappa shape index (κ2) is 10.2. The van der Waals surface area contributed by atoms with Crippen molar-refractivity contribution in [3.05, 3.63) is 71.5 Å². The van der Waals surface area contributed by atoms with Crippen LogP contribution >= 0.6 is 0 Å². The van der Waals surface area contributed by atoms with Crippen LogP contribution in [0.15, 0.2) is 52.9 Å². The monoisotopic (exact) mass is 640 g/mol. The Hall–Kier alpha value is -4.55. The predicted octanol–water partition coefficient (Wildman–Crippen LogP) is 5.67. The summed E-state index contributed by atoms with van der Waals surface area (Å²) in [7, 11) is -0.618. The van der Waals surface area contributed by atoms with E-state index in [2.05, 4.69) is 17.1 Å². The van der Waals surface area contributed by atoms with Crippen molar-refractivity contribution in [2.24, 2.45) is 5.92 Å². The van der Waals surface area contributed by atoms with Gasteiger partial charge >= 0.3 is 0 Å². The Kier molecular flexibility index (Phi) is 6.42. The maximum atomic E-state index is 15.1. The second-order valence-electron chi connectivity index (χ2n) is 12.7. The highest BCUT2D eigenvalue weighted by Crippen LogP contribution is 2.47. The van der Waals surface area contributed by atoms with Gasteiger partial charge in [-0.25, -0.2) is 22.8 Å². The Bertz CT molecular complexity index is 2350. The van der Waals surface area contributed by atoms with Crippen LogP contribution in [0.1, 0.15) is 47.6 Å². The van der Waals surface area contributed by atoms with Gasteiger partial charge in [-0.05, 0) is 55.2 Å². The van der Waals surface area contributed by atoms with E-state index in [1.807, 2.05) is 28.7 Å². The molecular formula is C34H33FN6O4S. The second-order valence-corrected chi connectivity index (χ2v) is 14.7. The number of furan rings is 1. The lowest BCUT2D eigenvalue weighted by Gasteiger charge is -2.36. The van der Waals surface area contributed by atoms with Crippen LogP contribution in [0.25, 0.3) is 49.7 Å². The minimum Gasteiger partial charge on any atom is -0.460 e. The number of fused-ring (bicyclic) bond motifs is 6. The van der Waals surface area contributed by atoms with Crippen molar-refractivity contribution in [3.8, 4) is 11.3 Å². The highest BCUT2D eigenvalue weighted by atomic mass is 32.2. The molecule has 4 aromatic heterocycles. The minimum atomic E-state index is -3.68. The van der Waals surface area contributed by atoms with Crippen molar-refractivity contribution in [3.63, 3.8) is 0 Å². The van der Waals surface area contributed by atoms with Gasteiger partial charge in [0.05, 0.1) is 46.3 Å². The van der Waals surface area contributed by atoms with Crippen LogP contribution in [0.3, 0.4) is 0 Å². The van der Waals surface area contributed by atoms with Crippen molar-refractivity contribution in [1.82, 2.24) is 24.6 Å². The maximum absolute atomic E-state index is 15.1. The Labute approximate surface area is 264 Å². The number of aromatic nitrogens is 3. The van der Waals surface area contributed by atoms with Gasteiger partial charge < -0.3 is 9.73 Å². The van der Waals surface area contributed by atoms with Gasteiger partial charge in [0.25, 0.3) is 5.91 Å². The van der Waals surface area contributed by atoms with Gasteiger partial charge in [0.1, 0.15) is 28.5 Å². The molecule has 236 valence electrons. The fourth-order valence-corrected chi connectivity index (χ4v) is 7.28. The van der Waals surface area contributed by atoms with Crippen molar-refractivity contribution >= 4 is 60.0 Å². The van der Waals surface area contributed by atoms with Crippen molar-refractivity contribution in [2.75, 3.05) is 37.7 Å². The molecular weight excluding hydrogens is 607 g/mol. The summed E-state index contributed by atoms with van der Waals surface area (Å²) in [5.41, 5.74) is 4.86. The molecule has 8 rings (SSSR count). The molecule has 12 heteroatoms. The van der Waals surface area contributed by atoms with Gasteiger partial charge in [0, 0.05) is 55.5 Å². The van der Waals surface area contributed by atoms with E-state index < -0.39 is 10.0 Å². The van der Waals surface area contributed by atoms with Crippen molar-refractivity contribution < 1.29 is 22.0 Å². The fourth-order valence-electron chi connectivity index (χ4n) is 6.77. The summed E-state index contributed by atoms with van der Waals surface area (Å²) in [6, 6.07) is 14.0. The Morgan fingerprint density at radius 2 is 1.87 bits per heavy atom. The average Bonchev–Trinajstić information content (AvgIpc) is 3.68. The normalized spacial score (nSPS) is 16.1. The molecule has 1 saturated carbocycles. The Morgan fingerprint density at radius 1 is 1.09 bits per heavy atom. The number of benzene rings is 2. The first kappa shape index (κ1) is 28.9. The number of nitrogens with one attached hydrogen (secondary N) is 1. The van der Waals surface area contributed by atoms with Gasteiger partial charge in [-0.3, -0.25) is 18.4 Å². The van der Waals surface area contributed by atoms with E-state index in [1.165, 1.54) is 17.4 Å². The fraction of sp³-hybridized carbons (Fsp3) is 0.324. The van der Waals surface area contributed by atoms with Gasteiger partial charge in [0.2, 0.25) is 10.0 Å². The molecule has 0 spiro atoms. The van der Waals surface area contributed by atoms with E-state index in [9.17, 15) is 13.2 Å². The van der Waals surface area contributed by atoms with E-state index >= 15 is 4.39 Å². The standard InChI is InChI=1S/C34H33FN6O4S/c1-18-15-40(16-18)17-30-37-25-11-10-24(38-32(25)28-13-20-23(35)6-5-7-26(20)41(28)30)21-12-22-29(14-27(21)39(3)46(4,43)44)45-33(19-8-9-19)31(22)34(42)36-2/h5-7,10-14,18-19H,8-9,15-17H2,1-4H3,(H,36,42). The number of hydrogen-bond acceptors (Lipinski definition) is 7. The van der Waals surface area contributed by atoms with Crippen LogP contribution in [-0.2, 0) is 16.6 Å². The first-order valence-corrected chi connectivity index (χ1v) is 17.2. The van der Waals surface area contributed by atoms with Gasteiger partial charge in [-0.1, -0.05) is 13.0 Å². The lowest BCUT2D eigenvalue weighted by molar-refractivity contribution is 0.0962. The Morgan fingerprint density at radius 3 is 2.57 bits per heavy atom. The van der Waals surface area contributed by atoms with E-state index in [0.717, 1.165) is 38.0 Å². The number of anilines is 1. The molecule has 2 fully saturated rings. The van der Waals surface area contributed by atoms with E-state index in [1.54, 1.807) is 25.2 Å². The number of carbonyl (C=O) groups excluding carboxylic acids is 1. The number of amides is 1. The molecule has 6 aromatic rings. The SMILES string of the molecule is CNC(=O)c1c(C2CC2)oc2cc(N(C)S(C)(=O)=O)c(-c3ccc4nc(CN5CC(C)C5)n5c6cccc(F)c6cc5c4n3)cc12. The number of hydrogen-bond donors (Lipinski definition) is 1. The summed E-state index contributed by atoms with van der Waals surface area (Å²) in [5.74, 6) is 1.58. The van der Waals surface area contributed by atoms with Crippen molar-refractivity contribution in [1.29, 1.82) is 0 Å². The quantitative estimate of drug-likeness (QED) is 0.239. The molecule has 1 N–H and O–H groups in total. The number of nitrogens with zero attached hydrogens (tertiary/aromatic N) is 5. The zero-order chi connectivity index (χ0) is 32.1. The van der Waals surface area contributed by atoms with Gasteiger partial charge in [-0.15, -0.1) is 0 Å². The molecule has 2 aliphatic rings. The molecule has 0 atom stereocenters. The van der Waals surface area contributed by atoms with Crippen LogP contribution in [0.2, 0.25) is 0 Å². The number of sulfonamides is 1. The third-order valence-corrected chi connectivity index (χ3v) is 10.5. The zero-order valence-corrected chi connectivity index (χ0v) is 26.8. The molecule has 1 aliphatic heterocycles.